The first-order valence-electron chi connectivity index (χ1n) is 4.99. The zero-order chi connectivity index (χ0) is 11.3. The van der Waals surface area contributed by atoms with Crippen LogP contribution in [-0.2, 0) is 0 Å². The fourth-order valence-corrected chi connectivity index (χ4v) is 1.29. The molecule has 0 radical (unpaired) electrons. The first-order valence-corrected chi connectivity index (χ1v) is 4.99. The third kappa shape index (κ3) is 2.72. The second-order valence-electron chi connectivity index (χ2n) is 3.33. The van der Waals surface area contributed by atoms with Crippen LogP contribution < -0.4 is 9.47 Å². The summed E-state index contributed by atoms with van der Waals surface area (Å²) in [6, 6.07) is 3.53. The SMILES string of the molecule is CCCOc1cc(C=O)c(C)cc1OC. The van der Waals surface area contributed by atoms with Gasteiger partial charge in [-0.15, -0.1) is 0 Å². The van der Waals surface area contributed by atoms with E-state index in [9.17, 15) is 4.79 Å². The van der Waals surface area contributed by atoms with Crippen molar-refractivity contribution in [1.29, 1.82) is 0 Å². The van der Waals surface area contributed by atoms with Gasteiger partial charge in [0.05, 0.1) is 13.7 Å². The minimum Gasteiger partial charge on any atom is -0.493 e. The zero-order valence-corrected chi connectivity index (χ0v) is 9.37. The summed E-state index contributed by atoms with van der Waals surface area (Å²) in [7, 11) is 1.59. The Morgan fingerprint density at radius 3 is 2.60 bits per heavy atom. The number of benzene rings is 1. The highest BCUT2D eigenvalue weighted by atomic mass is 16.5. The summed E-state index contributed by atoms with van der Waals surface area (Å²) in [6.07, 6.45) is 1.75. The number of ether oxygens (including phenoxy) is 2. The molecule has 0 heterocycles. The van der Waals surface area contributed by atoms with Crippen molar-refractivity contribution in [3.63, 3.8) is 0 Å². The molecule has 0 spiro atoms. The van der Waals surface area contributed by atoms with Gasteiger partial charge in [0.15, 0.2) is 11.5 Å². The molecule has 1 aromatic carbocycles. The van der Waals surface area contributed by atoms with Crippen LogP contribution in [0.1, 0.15) is 29.3 Å². The smallest absolute Gasteiger partial charge is 0.161 e. The van der Waals surface area contributed by atoms with Crippen molar-refractivity contribution in [3.05, 3.63) is 23.3 Å². The van der Waals surface area contributed by atoms with Crippen molar-refractivity contribution in [2.75, 3.05) is 13.7 Å². The molecule has 0 aliphatic carbocycles. The summed E-state index contributed by atoms with van der Waals surface area (Å²) in [5.74, 6) is 1.30. The van der Waals surface area contributed by atoms with Gasteiger partial charge in [-0.3, -0.25) is 4.79 Å². The van der Waals surface area contributed by atoms with E-state index in [0.29, 0.717) is 23.7 Å². The van der Waals surface area contributed by atoms with E-state index in [4.69, 9.17) is 9.47 Å². The molecule has 0 aliphatic heterocycles. The van der Waals surface area contributed by atoms with Crippen LogP contribution in [0.3, 0.4) is 0 Å². The van der Waals surface area contributed by atoms with Gasteiger partial charge in [0.1, 0.15) is 6.29 Å². The van der Waals surface area contributed by atoms with Crippen LogP contribution in [0.25, 0.3) is 0 Å². The van der Waals surface area contributed by atoms with E-state index in [1.807, 2.05) is 19.9 Å². The predicted octanol–water partition coefficient (Wildman–Crippen LogP) is 2.60. The molecular weight excluding hydrogens is 192 g/mol. The summed E-state index contributed by atoms with van der Waals surface area (Å²) in [6.45, 7) is 4.52. The van der Waals surface area contributed by atoms with E-state index in [2.05, 4.69) is 0 Å². The van der Waals surface area contributed by atoms with Crippen LogP contribution in [0.15, 0.2) is 12.1 Å². The topological polar surface area (TPSA) is 35.5 Å². The fraction of sp³-hybridized carbons (Fsp3) is 0.417. The molecule has 0 bridgehead atoms. The second-order valence-corrected chi connectivity index (χ2v) is 3.33. The van der Waals surface area contributed by atoms with Gasteiger partial charge < -0.3 is 9.47 Å². The highest BCUT2D eigenvalue weighted by Gasteiger charge is 2.08. The van der Waals surface area contributed by atoms with Gasteiger partial charge >= 0.3 is 0 Å². The van der Waals surface area contributed by atoms with Gasteiger partial charge in [-0.25, -0.2) is 0 Å². The van der Waals surface area contributed by atoms with E-state index in [1.54, 1.807) is 13.2 Å². The van der Waals surface area contributed by atoms with E-state index < -0.39 is 0 Å². The van der Waals surface area contributed by atoms with Gasteiger partial charge in [-0.05, 0) is 31.0 Å². The van der Waals surface area contributed by atoms with Crippen molar-refractivity contribution >= 4 is 6.29 Å². The standard InChI is InChI=1S/C12H16O3/c1-4-5-15-12-7-10(8-13)9(2)6-11(12)14-3/h6-8H,4-5H2,1-3H3. The van der Waals surface area contributed by atoms with Crippen LogP contribution in [-0.4, -0.2) is 20.0 Å². The number of methoxy groups -OCH3 is 1. The summed E-state index contributed by atoms with van der Waals surface area (Å²) in [4.78, 5) is 10.8. The Labute approximate surface area is 90.0 Å². The van der Waals surface area contributed by atoms with Gasteiger partial charge in [0.2, 0.25) is 0 Å². The Morgan fingerprint density at radius 1 is 1.33 bits per heavy atom. The van der Waals surface area contributed by atoms with Crippen LogP contribution in [0.4, 0.5) is 0 Å². The molecule has 0 aromatic heterocycles. The monoisotopic (exact) mass is 208 g/mol. The summed E-state index contributed by atoms with van der Waals surface area (Å²) in [5.41, 5.74) is 1.53. The molecule has 0 saturated heterocycles. The van der Waals surface area contributed by atoms with Crippen LogP contribution in [0.5, 0.6) is 11.5 Å². The summed E-state index contributed by atoms with van der Waals surface area (Å²) < 4.78 is 10.7. The molecule has 3 heteroatoms. The van der Waals surface area contributed by atoms with Gasteiger partial charge in [-0.2, -0.15) is 0 Å². The molecule has 3 nitrogen and oxygen atoms in total. The first kappa shape index (κ1) is 11.6. The number of carbonyl (C=O) groups excluding carboxylic acids is 1. The minimum absolute atomic E-state index is 0.623. The van der Waals surface area contributed by atoms with E-state index in [0.717, 1.165) is 18.3 Å². The van der Waals surface area contributed by atoms with Crippen LogP contribution in [0.2, 0.25) is 0 Å². The molecule has 0 aliphatic rings. The third-order valence-corrected chi connectivity index (χ3v) is 2.14. The Kier molecular flexibility index (Phi) is 4.16. The lowest BCUT2D eigenvalue weighted by molar-refractivity contribution is 0.112. The van der Waals surface area contributed by atoms with Gasteiger partial charge in [0, 0.05) is 5.56 Å². The summed E-state index contributed by atoms with van der Waals surface area (Å²) in [5, 5.41) is 0. The van der Waals surface area contributed by atoms with E-state index >= 15 is 0 Å². The van der Waals surface area contributed by atoms with Crippen molar-refractivity contribution in [2.24, 2.45) is 0 Å². The number of hydrogen-bond donors (Lipinski definition) is 0. The number of aryl methyl sites for hydroxylation is 1. The molecule has 1 rings (SSSR count). The average molecular weight is 208 g/mol. The number of hydrogen-bond acceptors (Lipinski definition) is 3. The number of aldehydes is 1. The fourth-order valence-electron chi connectivity index (χ4n) is 1.29. The Morgan fingerprint density at radius 2 is 2.07 bits per heavy atom. The lowest BCUT2D eigenvalue weighted by Crippen LogP contribution is -1.99. The molecular formula is C12H16O3. The highest BCUT2D eigenvalue weighted by Crippen LogP contribution is 2.29. The average Bonchev–Trinajstić information content (AvgIpc) is 2.26. The lowest BCUT2D eigenvalue weighted by atomic mass is 10.1. The Hall–Kier alpha value is -1.51. The lowest BCUT2D eigenvalue weighted by Gasteiger charge is -2.11. The molecule has 0 amide bonds. The van der Waals surface area contributed by atoms with Crippen LogP contribution in [0, 0.1) is 6.92 Å². The largest absolute Gasteiger partial charge is 0.493 e. The predicted molar refractivity (Wildman–Crippen MR) is 58.9 cm³/mol. The molecule has 0 saturated carbocycles. The second kappa shape index (κ2) is 5.39. The first-order chi connectivity index (χ1) is 7.22. The molecule has 15 heavy (non-hydrogen) atoms. The molecule has 1 aromatic rings. The van der Waals surface area contributed by atoms with Crippen molar-refractivity contribution in [2.45, 2.75) is 20.3 Å². The molecule has 0 unspecified atom stereocenters. The Balaban J connectivity index is 3.04. The minimum atomic E-state index is 0.623. The van der Waals surface area contributed by atoms with Crippen molar-refractivity contribution in [3.8, 4) is 11.5 Å². The highest BCUT2D eigenvalue weighted by molar-refractivity contribution is 5.79. The normalized spacial score (nSPS) is 9.80. The van der Waals surface area contributed by atoms with E-state index in [1.165, 1.54) is 0 Å². The Bertz CT molecular complexity index is 345. The van der Waals surface area contributed by atoms with Gasteiger partial charge in [0.25, 0.3) is 0 Å². The third-order valence-electron chi connectivity index (χ3n) is 2.14. The molecule has 82 valence electrons. The maximum absolute atomic E-state index is 10.8. The quantitative estimate of drug-likeness (QED) is 0.698. The maximum atomic E-state index is 10.8. The van der Waals surface area contributed by atoms with Crippen molar-refractivity contribution in [1.82, 2.24) is 0 Å². The van der Waals surface area contributed by atoms with Gasteiger partial charge in [-0.1, -0.05) is 6.92 Å². The molecule has 0 atom stereocenters. The number of carbonyl (C=O) groups is 1. The molecule has 0 fully saturated rings. The molecule has 0 N–H and O–H groups in total. The number of rotatable bonds is 5. The van der Waals surface area contributed by atoms with Crippen molar-refractivity contribution < 1.29 is 14.3 Å². The zero-order valence-electron chi connectivity index (χ0n) is 9.37. The van der Waals surface area contributed by atoms with E-state index in [-0.39, 0.29) is 0 Å². The maximum Gasteiger partial charge on any atom is 0.161 e. The van der Waals surface area contributed by atoms with Crippen LogP contribution >= 0.6 is 0 Å². The summed E-state index contributed by atoms with van der Waals surface area (Å²) >= 11 is 0.